The zero-order valence-electron chi connectivity index (χ0n) is 57.3. The molecule has 0 unspecified atom stereocenters. The molecule has 0 spiro atoms. The molecule has 3 aromatic heterocycles. The van der Waals surface area contributed by atoms with Crippen LogP contribution >= 0.6 is 0 Å². The summed E-state index contributed by atoms with van der Waals surface area (Å²) in [5.74, 6) is 1.76. The second kappa shape index (κ2) is 21.6. The first-order valence-electron chi connectivity index (χ1n) is 31.7. The first-order valence-corrected chi connectivity index (χ1v) is 29.2. The van der Waals surface area contributed by atoms with Crippen molar-refractivity contribution in [2.45, 2.75) is 157 Å². The van der Waals surface area contributed by atoms with Crippen LogP contribution in [0.1, 0.15) is 165 Å². The zero-order valence-corrected chi connectivity index (χ0v) is 54.6. The van der Waals surface area contributed by atoms with Gasteiger partial charge in [0, 0.05) is 44.3 Å². The van der Waals surface area contributed by atoms with Crippen molar-refractivity contribution in [3.8, 4) is 62.1 Å². The van der Waals surface area contributed by atoms with Gasteiger partial charge in [-0.2, -0.15) is 18.2 Å². The fourth-order valence-electron chi connectivity index (χ4n) is 11.0. The number of rotatable bonds is 8. The molecule has 3 heterocycles. The Morgan fingerprint density at radius 3 is 1.60 bits per heavy atom. The molecule has 8 aromatic carbocycles. The van der Waals surface area contributed by atoms with Gasteiger partial charge in [0.2, 0.25) is 0 Å². The van der Waals surface area contributed by atoms with Crippen LogP contribution in [0.4, 0.5) is 0 Å². The molecule has 0 aliphatic carbocycles. The minimum Gasteiger partial charge on any atom is -0.510 e. The first kappa shape index (κ1) is 53.4. The summed E-state index contributed by atoms with van der Waals surface area (Å²) in [4.78, 5) is 4.91. The fourth-order valence-corrected chi connectivity index (χ4v) is 11.0. The van der Waals surface area contributed by atoms with Crippen LogP contribution in [0.2, 0.25) is 0 Å². The second-order valence-corrected chi connectivity index (χ2v) is 28.8. The van der Waals surface area contributed by atoms with E-state index in [0.29, 0.717) is 28.4 Å². The van der Waals surface area contributed by atoms with Crippen molar-refractivity contribution >= 4 is 32.8 Å². The van der Waals surface area contributed by atoms with Gasteiger partial charge in [-0.1, -0.05) is 239 Å². The number of aromatic nitrogens is 4. The topological polar surface area (TPSA) is 35.9 Å². The van der Waals surface area contributed by atoms with Gasteiger partial charge in [-0.15, -0.1) is 29.7 Å². The average Bonchev–Trinajstić information content (AvgIpc) is 1.74. The van der Waals surface area contributed by atoms with Crippen molar-refractivity contribution in [3.05, 3.63) is 222 Å². The summed E-state index contributed by atoms with van der Waals surface area (Å²) in [5, 5.41) is 2.11. The second-order valence-electron chi connectivity index (χ2n) is 28.8. The Labute approximate surface area is 522 Å². The molecule has 0 atom stereocenters. The number of ether oxygens (including phenoxy) is 1. The maximum Gasteiger partial charge on any atom is 0.268 e. The predicted molar refractivity (Wildman–Crippen MR) is 348 cm³/mol. The average molecular weight is 1290 g/mol. The Morgan fingerprint density at radius 2 is 1.00 bits per heavy atom. The van der Waals surface area contributed by atoms with Gasteiger partial charge >= 0.3 is 0 Å². The number of pyridine rings is 1. The van der Waals surface area contributed by atoms with E-state index in [4.69, 9.17) is 13.8 Å². The fraction of sp³-hybridized carbons (Fsp3) is 0.308. The quantitative estimate of drug-likeness (QED) is 0.112. The Hall–Kier alpha value is -7.33. The van der Waals surface area contributed by atoms with E-state index >= 15 is 0 Å². The van der Waals surface area contributed by atoms with Crippen molar-refractivity contribution in [3.63, 3.8) is 0 Å². The van der Waals surface area contributed by atoms with Crippen LogP contribution in [0, 0.1) is 18.5 Å². The molecule has 0 amide bonds. The van der Waals surface area contributed by atoms with E-state index in [2.05, 4.69) is 251 Å². The molecule has 0 aliphatic rings. The SMILES string of the molecule is [2H]c1c([2H])c([2H])c(-c2cc(C(C)(C)C)cc(-c3cc(C(C)(C)C)cc(C(C)(C)C)c3)c2-[n+]2[c-]n(-c3[c-]c(Oc4[c-]c5c(cc4)c4ccccc4n5-c4cc(C(C)(C)C)ccn4)ccc3)c3cc(-c4cc(C(C)(C)C)cc(C(C)(C)C)c4)ccc32)c([2H])c1[2H].[Pt]. The molecule has 11 rings (SSSR count). The third-order valence-corrected chi connectivity index (χ3v) is 16.2. The van der Waals surface area contributed by atoms with Gasteiger partial charge in [0.15, 0.2) is 0 Å². The van der Waals surface area contributed by atoms with Crippen molar-refractivity contribution in [2.24, 2.45) is 0 Å². The summed E-state index contributed by atoms with van der Waals surface area (Å²) in [5.41, 5.74) is 14.7. The molecule has 0 aliphatic heterocycles. The van der Waals surface area contributed by atoms with Gasteiger partial charge in [-0.25, -0.2) is 4.98 Å². The summed E-state index contributed by atoms with van der Waals surface area (Å²) in [7, 11) is 0. The normalized spacial score (nSPS) is 13.6. The summed E-state index contributed by atoms with van der Waals surface area (Å²) in [6.07, 6.45) is 5.74. The number of benzene rings is 8. The third kappa shape index (κ3) is 11.8. The van der Waals surface area contributed by atoms with Crippen LogP contribution in [-0.2, 0) is 53.6 Å². The largest absolute Gasteiger partial charge is 0.510 e. The Bertz CT molecular complexity index is 4510. The van der Waals surface area contributed by atoms with Crippen LogP contribution in [-0.4, -0.2) is 14.1 Å². The van der Waals surface area contributed by atoms with Crippen molar-refractivity contribution in [2.75, 3.05) is 0 Å². The third-order valence-electron chi connectivity index (χ3n) is 16.2. The van der Waals surface area contributed by atoms with E-state index in [0.717, 1.165) is 77.6 Å². The molecule has 0 saturated carbocycles. The molecular formula is C78H82N4OPt-2. The minimum absolute atomic E-state index is 0. The van der Waals surface area contributed by atoms with Crippen LogP contribution in [0.25, 0.3) is 83.4 Å². The van der Waals surface area contributed by atoms with Gasteiger partial charge in [0.05, 0.1) is 23.6 Å². The smallest absolute Gasteiger partial charge is 0.268 e. The summed E-state index contributed by atoms with van der Waals surface area (Å²) in [6, 6.07) is 52.6. The number of hydrogen-bond donors (Lipinski definition) is 0. The molecule has 0 radical (unpaired) electrons. The van der Waals surface area contributed by atoms with Crippen LogP contribution in [0.15, 0.2) is 170 Å². The van der Waals surface area contributed by atoms with Crippen LogP contribution < -0.4 is 9.30 Å². The van der Waals surface area contributed by atoms with Crippen molar-refractivity contribution < 1.29 is 37.2 Å². The molecule has 0 bridgehead atoms. The number of nitrogens with zero attached hydrogens (tertiary/aromatic N) is 4. The molecule has 5 nitrogen and oxygen atoms in total. The molecular weight excluding hydrogens is 1200 g/mol. The van der Waals surface area contributed by atoms with Gasteiger partial charge in [0.25, 0.3) is 6.33 Å². The van der Waals surface area contributed by atoms with E-state index in [1.165, 1.54) is 16.7 Å². The monoisotopic (exact) mass is 1290 g/mol. The molecule has 11 aromatic rings. The zero-order chi connectivity index (χ0) is 63.7. The van der Waals surface area contributed by atoms with Crippen molar-refractivity contribution in [1.82, 2.24) is 14.1 Å². The van der Waals surface area contributed by atoms with Gasteiger partial charge in [0.1, 0.15) is 5.82 Å². The van der Waals surface area contributed by atoms with E-state index in [1.807, 2.05) is 45.7 Å². The first-order chi connectivity index (χ1) is 41.0. The molecule has 6 heteroatoms. The number of imidazole rings is 1. The Morgan fingerprint density at radius 1 is 0.452 bits per heavy atom. The van der Waals surface area contributed by atoms with Gasteiger partial charge in [-0.05, 0) is 135 Å². The van der Waals surface area contributed by atoms with Crippen LogP contribution in [0.5, 0.6) is 11.5 Å². The summed E-state index contributed by atoms with van der Waals surface area (Å²) < 4.78 is 59.4. The number of fused-ring (bicyclic) bond motifs is 4. The predicted octanol–water partition coefficient (Wildman–Crippen LogP) is 20.4. The van der Waals surface area contributed by atoms with E-state index < -0.39 is 23.5 Å². The molecule has 432 valence electrons. The molecule has 84 heavy (non-hydrogen) atoms. The molecule has 0 saturated heterocycles. The van der Waals surface area contributed by atoms with Crippen LogP contribution in [0.3, 0.4) is 0 Å². The van der Waals surface area contributed by atoms with Gasteiger partial charge < -0.3 is 13.9 Å². The minimum atomic E-state index is -0.450. The Kier molecular flexibility index (Phi) is 13.7. The number of hydrogen-bond acceptors (Lipinski definition) is 2. The molecule has 0 N–H and O–H groups in total. The Balaban J connectivity index is 0.00000873. The van der Waals surface area contributed by atoms with E-state index in [1.54, 1.807) is 0 Å². The van der Waals surface area contributed by atoms with E-state index in [-0.39, 0.29) is 65.8 Å². The summed E-state index contributed by atoms with van der Waals surface area (Å²) >= 11 is 0. The van der Waals surface area contributed by atoms with Crippen molar-refractivity contribution in [1.29, 1.82) is 0 Å². The maximum absolute atomic E-state index is 9.67. The van der Waals surface area contributed by atoms with Gasteiger partial charge in [-0.3, -0.25) is 4.57 Å². The van der Waals surface area contributed by atoms with E-state index in [9.17, 15) is 2.74 Å². The number of para-hydroxylation sites is 1. The summed E-state index contributed by atoms with van der Waals surface area (Å²) in [6.45, 7) is 40.0. The maximum atomic E-state index is 9.67. The standard InChI is InChI=1S/C78H82N4O.Pt/c1-73(2,3)54-35-36-79-71(46-54)82-67-30-23-22-29-63(67)64-33-32-62(48-69(64)82)83-61-28-24-27-60(47-61)80-49-81(68-34-31-51(41-70(68)80)52-37-55(74(4,5)6)42-56(38-52)75(7,8)9)72-65(50-25-20-19-21-26-50)44-59(78(16,17)18)45-66(72)53-39-57(76(10,11)12)43-58(40-53)77(13,14)15;/h19-46H,1-18H3;/q-2;/i19D,20D,21D,25D,26D;. The molecule has 0 fully saturated rings.